The van der Waals surface area contributed by atoms with Gasteiger partial charge in [-0.3, -0.25) is 9.59 Å². The number of benzene rings is 2. The molecule has 1 aromatic heterocycles. The summed E-state index contributed by atoms with van der Waals surface area (Å²) >= 11 is 1.16. The topological polar surface area (TPSA) is 80.3 Å². The molecule has 1 heterocycles. The second-order valence-electron chi connectivity index (χ2n) is 5.83. The van der Waals surface area contributed by atoms with Gasteiger partial charge in [0.05, 0.1) is 0 Å². The Kier molecular flexibility index (Phi) is 5.83. The highest BCUT2D eigenvalue weighted by molar-refractivity contribution is 7.14. The van der Waals surface area contributed by atoms with Crippen molar-refractivity contribution in [3.63, 3.8) is 0 Å². The molecule has 29 heavy (non-hydrogen) atoms. The number of rotatable bonds is 6. The lowest BCUT2D eigenvalue weighted by Crippen LogP contribution is -2.16. The SMILES string of the molecule is CC(=O)c1cccc(NC(=O)c2csc(Nc3ccc(OC(F)(F)F)cc3)n2)c1. The molecule has 0 aliphatic heterocycles. The van der Waals surface area contributed by atoms with Crippen molar-refractivity contribution in [2.24, 2.45) is 0 Å². The van der Waals surface area contributed by atoms with Crippen molar-refractivity contribution in [2.45, 2.75) is 13.3 Å². The molecule has 2 aromatic carbocycles. The number of thiazole rings is 1. The highest BCUT2D eigenvalue weighted by Crippen LogP contribution is 2.26. The summed E-state index contributed by atoms with van der Waals surface area (Å²) in [7, 11) is 0. The first-order chi connectivity index (χ1) is 13.7. The van der Waals surface area contributed by atoms with Gasteiger partial charge >= 0.3 is 6.36 Å². The number of carbonyl (C=O) groups excluding carboxylic acids is 2. The number of hydrogen-bond donors (Lipinski definition) is 2. The first kappa shape index (κ1) is 20.3. The van der Waals surface area contributed by atoms with E-state index in [-0.39, 0.29) is 17.2 Å². The summed E-state index contributed by atoms with van der Waals surface area (Å²) in [5.41, 5.74) is 1.57. The van der Waals surface area contributed by atoms with Gasteiger partial charge in [0.15, 0.2) is 10.9 Å². The Bertz CT molecular complexity index is 1030. The van der Waals surface area contributed by atoms with Crippen LogP contribution >= 0.6 is 11.3 Å². The van der Waals surface area contributed by atoms with E-state index in [1.807, 2.05) is 0 Å². The van der Waals surface area contributed by atoms with E-state index in [1.54, 1.807) is 24.3 Å². The largest absolute Gasteiger partial charge is 0.573 e. The highest BCUT2D eigenvalue weighted by atomic mass is 32.1. The molecule has 0 unspecified atom stereocenters. The molecule has 6 nitrogen and oxygen atoms in total. The van der Waals surface area contributed by atoms with E-state index in [4.69, 9.17) is 0 Å². The minimum atomic E-state index is -4.75. The summed E-state index contributed by atoms with van der Waals surface area (Å²) in [5.74, 6) is -0.910. The Hall–Kier alpha value is -3.40. The molecule has 0 radical (unpaired) electrons. The molecule has 150 valence electrons. The van der Waals surface area contributed by atoms with E-state index in [0.29, 0.717) is 22.1 Å². The molecule has 0 saturated carbocycles. The van der Waals surface area contributed by atoms with Crippen molar-refractivity contribution in [3.8, 4) is 5.75 Å². The minimum Gasteiger partial charge on any atom is -0.406 e. The summed E-state index contributed by atoms with van der Waals surface area (Å²) in [6, 6.07) is 11.7. The fourth-order valence-electron chi connectivity index (χ4n) is 2.31. The van der Waals surface area contributed by atoms with Crippen LogP contribution < -0.4 is 15.4 Å². The molecule has 2 N–H and O–H groups in total. The highest BCUT2D eigenvalue weighted by Gasteiger charge is 2.30. The molecular formula is C19H14F3N3O3S. The van der Waals surface area contributed by atoms with Crippen LogP contribution in [0.4, 0.5) is 29.7 Å². The van der Waals surface area contributed by atoms with E-state index >= 15 is 0 Å². The number of alkyl halides is 3. The van der Waals surface area contributed by atoms with Crippen LogP contribution in [-0.4, -0.2) is 23.0 Å². The summed E-state index contributed by atoms with van der Waals surface area (Å²) in [6.07, 6.45) is -4.75. The van der Waals surface area contributed by atoms with Crippen molar-refractivity contribution in [1.82, 2.24) is 4.98 Å². The molecule has 0 atom stereocenters. The van der Waals surface area contributed by atoms with Crippen LogP contribution in [-0.2, 0) is 0 Å². The monoisotopic (exact) mass is 421 g/mol. The first-order valence-corrected chi connectivity index (χ1v) is 9.08. The number of ketones is 1. The van der Waals surface area contributed by atoms with Crippen molar-refractivity contribution in [3.05, 3.63) is 65.2 Å². The van der Waals surface area contributed by atoms with Gasteiger partial charge in [0, 0.05) is 22.3 Å². The lowest BCUT2D eigenvalue weighted by molar-refractivity contribution is -0.274. The Labute approximate surface area is 167 Å². The van der Waals surface area contributed by atoms with Crippen molar-refractivity contribution in [2.75, 3.05) is 10.6 Å². The van der Waals surface area contributed by atoms with Gasteiger partial charge in [0.25, 0.3) is 5.91 Å². The average molecular weight is 421 g/mol. The normalized spacial score (nSPS) is 11.0. The Balaban J connectivity index is 1.63. The van der Waals surface area contributed by atoms with Gasteiger partial charge in [0.1, 0.15) is 11.4 Å². The predicted molar refractivity (Wildman–Crippen MR) is 103 cm³/mol. The average Bonchev–Trinajstić information content (AvgIpc) is 3.11. The summed E-state index contributed by atoms with van der Waals surface area (Å²) in [5, 5.41) is 7.49. The molecule has 0 fully saturated rings. The molecule has 3 aromatic rings. The van der Waals surface area contributed by atoms with E-state index in [9.17, 15) is 22.8 Å². The maximum atomic E-state index is 12.3. The van der Waals surface area contributed by atoms with Gasteiger partial charge in [-0.2, -0.15) is 0 Å². The van der Waals surface area contributed by atoms with Gasteiger partial charge in [-0.05, 0) is 43.3 Å². The van der Waals surface area contributed by atoms with E-state index in [0.717, 1.165) is 11.3 Å². The van der Waals surface area contributed by atoms with Crippen molar-refractivity contribution < 1.29 is 27.5 Å². The van der Waals surface area contributed by atoms with E-state index < -0.39 is 12.3 Å². The van der Waals surface area contributed by atoms with Gasteiger partial charge in [-0.1, -0.05) is 12.1 Å². The number of anilines is 3. The number of nitrogens with zero attached hydrogens (tertiary/aromatic N) is 1. The zero-order valence-electron chi connectivity index (χ0n) is 14.9. The third-order valence-electron chi connectivity index (χ3n) is 3.60. The van der Waals surface area contributed by atoms with Crippen molar-refractivity contribution >= 4 is 39.5 Å². The second-order valence-corrected chi connectivity index (χ2v) is 6.68. The first-order valence-electron chi connectivity index (χ1n) is 8.20. The number of Topliss-reactive ketones (excluding diaryl/α,β-unsaturated/α-hetero) is 1. The third-order valence-corrected chi connectivity index (χ3v) is 4.36. The second kappa shape index (κ2) is 8.31. The molecule has 0 saturated heterocycles. The molecule has 10 heteroatoms. The number of ether oxygens (including phenoxy) is 1. The van der Waals surface area contributed by atoms with Gasteiger partial charge in [0.2, 0.25) is 0 Å². The molecular weight excluding hydrogens is 407 g/mol. The lowest BCUT2D eigenvalue weighted by Gasteiger charge is -2.09. The maximum Gasteiger partial charge on any atom is 0.573 e. The molecule has 3 rings (SSSR count). The quantitative estimate of drug-likeness (QED) is 0.532. The smallest absolute Gasteiger partial charge is 0.406 e. The number of hydrogen-bond acceptors (Lipinski definition) is 6. The minimum absolute atomic E-state index is 0.118. The number of carbonyl (C=O) groups is 2. The Morgan fingerprint density at radius 2 is 1.79 bits per heavy atom. The van der Waals surface area contributed by atoms with Crippen LogP contribution in [0, 0.1) is 0 Å². The van der Waals surface area contributed by atoms with Crippen LogP contribution in [0.15, 0.2) is 53.9 Å². The molecule has 0 aliphatic carbocycles. The number of aromatic nitrogens is 1. The predicted octanol–water partition coefficient (Wildman–Crippen LogP) is 5.24. The van der Waals surface area contributed by atoms with E-state index in [2.05, 4.69) is 20.4 Å². The lowest BCUT2D eigenvalue weighted by atomic mass is 10.1. The van der Waals surface area contributed by atoms with Gasteiger partial charge in [-0.25, -0.2) is 4.98 Å². The fraction of sp³-hybridized carbons (Fsp3) is 0.105. The summed E-state index contributed by atoms with van der Waals surface area (Å²) in [6.45, 7) is 1.43. The maximum absolute atomic E-state index is 12.3. The standard InChI is InChI=1S/C19H14F3N3O3S/c1-11(26)12-3-2-4-14(9-12)23-17(27)16-10-29-18(25-16)24-13-5-7-15(8-6-13)28-19(20,21)22/h2-10H,1H3,(H,23,27)(H,24,25). The molecule has 1 amide bonds. The molecule has 0 spiro atoms. The molecule has 0 bridgehead atoms. The summed E-state index contributed by atoms with van der Waals surface area (Å²) in [4.78, 5) is 27.9. The summed E-state index contributed by atoms with van der Waals surface area (Å²) < 4.78 is 40.4. The fourth-order valence-corrected chi connectivity index (χ4v) is 3.02. The zero-order chi connectivity index (χ0) is 21.0. The van der Waals surface area contributed by atoms with Crippen LogP contribution in [0.5, 0.6) is 5.75 Å². The number of amides is 1. The van der Waals surface area contributed by atoms with Gasteiger partial charge in [-0.15, -0.1) is 24.5 Å². The number of nitrogens with one attached hydrogen (secondary N) is 2. The van der Waals surface area contributed by atoms with Crippen LogP contribution in [0.25, 0.3) is 0 Å². The van der Waals surface area contributed by atoms with Gasteiger partial charge < -0.3 is 15.4 Å². The Morgan fingerprint density at radius 1 is 1.07 bits per heavy atom. The van der Waals surface area contributed by atoms with E-state index in [1.165, 1.54) is 36.6 Å². The third kappa shape index (κ3) is 5.79. The zero-order valence-corrected chi connectivity index (χ0v) is 15.7. The Morgan fingerprint density at radius 3 is 2.45 bits per heavy atom. The van der Waals surface area contributed by atoms with Crippen molar-refractivity contribution in [1.29, 1.82) is 0 Å². The molecule has 0 aliphatic rings. The number of halogens is 3. The van der Waals surface area contributed by atoms with Crippen LogP contribution in [0.1, 0.15) is 27.8 Å². The van der Waals surface area contributed by atoms with Crippen LogP contribution in [0.3, 0.4) is 0 Å². The van der Waals surface area contributed by atoms with Crippen LogP contribution in [0.2, 0.25) is 0 Å².